The van der Waals surface area contributed by atoms with E-state index in [0.717, 1.165) is 11.3 Å². The van der Waals surface area contributed by atoms with Gasteiger partial charge in [0, 0.05) is 17.5 Å². The lowest BCUT2D eigenvalue weighted by Crippen LogP contribution is -2.37. The number of thioether (sulfide) groups is 1. The van der Waals surface area contributed by atoms with Gasteiger partial charge in [0.15, 0.2) is 5.69 Å². The topological polar surface area (TPSA) is 68.2 Å². The van der Waals surface area contributed by atoms with Crippen molar-refractivity contribution in [1.82, 2.24) is 15.2 Å². The van der Waals surface area contributed by atoms with Crippen LogP contribution >= 0.6 is 11.8 Å². The number of fused-ring (bicyclic) bond motifs is 3. The van der Waals surface area contributed by atoms with Crippen molar-refractivity contribution in [3.63, 3.8) is 0 Å². The molecule has 154 valence electrons. The molecule has 0 fully saturated rings. The molecule has 1 aliphatic rings. The lowest BCUT2D eigenvalue weighted by molar-refractivity contribution is -0.120. The maximum Gasteiger partial charge on any atom is 0.247 e. The van der Waals surface area contributed by atoms with Crippen molar-refractivity contribution in [3.05, 3.63) is 59.9 Å². The van der Waals surface area contributed by atoms with Crippen molar-refractivity contribution in [2.75, 3.05) is 10.7 Å². The predicted molar refractivity (Wildman–Crippen MR) is 114 cm³/mol. The number of hydrogen-bond donors (Lipinski definition) is 0. The largest absolute Gasteiger partial charge is 0.447 e. The Morgan fingerprint density at radius 1 is 1.13 bits per heavy atom. The maximum atomic E-state index is 13.6. The second kappa shape index (κ2) is 8.79. The first-order valence-corrected chi connectivity index (χ1v) is 10.8. The van der Waals surface area contributed by atoms with Gasteiger partial charge in [-0.15, -0.1) is 10.2 Å². The molecule has 0 bridgehead atoms. The number of amides is 1. The maximum absolute atomic E-state index is 13.6. The van der Waals surface area contributed by atoms with E-state index in [1.165, 1.54) is 23.9 Å². The highest BCUT2D eigenvalue weighted by atomic mass is 32.2. The molecule has 1 atom stereocenters. The van der Waals surface area contributed by atoms with Crippen molar-refractivity contribution in [2.24, 2.45) is 0 Å². The summed E-state index contributed by atoms with van der Waals surface area (Å²) in [6.45, 7) is 3.95. The van der Waals surface area contributed by atoms with Gasteiger partial charge in [0.25, 0.3) is 0 Å². The third-order valence-electron chi connectivity index (χ3n) is 4.67. The smallest absolute Gasteiger partial charge is 0.247 e. The Hall–Kier alpha value is -3.00. The Bertz CT molecular complexity index is 1060. The highest BCUT2D eigenvalue weighted by Gasteiger charge is 2.35. The summed E-state index contributed by atoms with van der Waals surface area (Å²) in [5.74, 6) is 0.641. The normalized spacial score (nSPS) is 15.0. The van der Waals surface area contributed by atoms with Crippen LogP contribution in [-0.4, -0.2) is 26.8 Å². The lowest BCUT2D eigenvalue weighted by Gasteiger charge is -2.30. The minimum absolute atomic E-state index is 0.0943. The molecule has 2 heterocycles. The average Bonchev–Trinajstić information content (AvgIpc) is 2.89. The van der Waals surface area contributed by atoms with Crippen LogP contribution in [0.4, 0.5) is 10.1 Å². The number of para-hydroxylation sites is 1. The van der Waals surface area contributed by atoms with Crippen LogP contribution in [0.25, 0.3) is 11.3 Å². The summed E-state index contributed by atoms with van der Waals surface area (Å²) < 4.78 is 19.9. The fourth-order valence-electron chi connectivity index (χ4n) is 3.35. The Morgan fingerprint density at radius 3 is 2.63 bits per heavy atom. The zero-order valence-corrected chi connectivity index (χ0v) is 17.5. The van der Waals surface area contributed by atoms with Crippen LogP contribution in [0.5, 0.6) is 5.88 Å². The number of aromatic nitrogens is 3. The van der Waals surface area contributed by atoms with Gasteiger partial charge in [0.2, 0.25) is 23.2 Å². The van der Waals surface area contributed by atoms with E-state index in [-0.39, 0.29) is 11.7 Å². The molecule has 3 aromatic rings. The number of anilines is 1. The molecular weight excluding hydrogens is 403 g/mol. The highest BCUT2D eigenvalue weighted by Crippen LogP contribution is 2.43. The fraction of sp³-hybridized carbons (Fsp3) is 0.273. The Morgan fingerprint density at radius 2 is 1.90 bits per heavy atom. The summed E-state index contributed by atoms with van der Waals surface area (Å²) in [6, 6.07) is 13.4. The Balaban J connectivity index is 1.92. The van der Waals surface area contributed by atoms with Crippen LogP contribution in [0.1, 0.15) is 38.5 Å². The summed E-state index contributed by atoms with van der Waals surface area (Å²) in [6.07, 6.45) is 0.237. The van der Waals surface area contributed by atoms with Crippen molar-refractivity contribution in [1.29, 1.82) is 0 Å². The number of nitrogens with zero attached hydrogens (tertiary/aromatic N) is 4. The van der Waals surface area contributed by atoms with Crippen LogP contribution in [-0.2, 0) is 4.79 Å². The molecule has 0 N–H and O–H groups in total. The lowest BCUT2D eigenvalue weighted by atomic mass is 10.1. The van der Waals surface area contributed by atoms with Gasteiger partial charge < -0.3 is 4.74 Å². The van der Waals surface area contributed by atoms with E-state index in [1.54, 1.807) is 17.0 Å². The SMILES string of the molecule is CCCC(=O)N1c2ccccc2-c2nnc(SCC)nc2O[C@@H]1c1ccc(F)cc1. The first-order valence-electron chi connectivity index (χ1n) is 9.83. The number of ether oxygens (including phenoxy) is 1. The van der Waals surface area contributed by atoms with E-state index in [1.807, 2.05) is 38.1 Å². The summed E-state index contributed by atoms with van der Waals surface area (Å²) >= 11 is 1.46. The standard InChI is InChI=1S/C22H21FN4O2S/c1-3-7-18(28)27-17-9-6-5-8-16(17)19-20(24-22(26-25-19)30-4-2)29-21(27)14-10-12-15(23)13-11-14/h5-6,8-13,21H,3-4,7H2,1-2H3/t21-/m1/s1. The fourth-order valence-corrected chi connectivity index (χ4v) is 3.86. The third-order valence-corrected chi connectivity index (χ3v) is 5.39. The molecule has 0 saturated carbocycles. The molecule has 0 unspecified atom stereocenters. The molecule has 8 heteroatoms. The molecule has 0 spiro atoms. The Labute approximate surface area is 178 Å². The van der Waals surface area contributed by atoms with Crippen molar-refractivity contribution in [2.45, 2.75) is 38.1 Å². The van der Waals surface area contributed by atoms with Crippen molar-refractivity contribution in [3.8, 4) is 17.1 Å². The van der Waals surface area contributed by atoms with E-state index in [9.17, 15) is 9.18 Å². The van der Waals surface area contributed by atoms with E-state index in [0.29, 0.717) is 40.8 Å². The van der Waals surface area contributed by atoms with Gasteiger partial charge in [-0.3, -0.25) is 9.69 Å². The minimum atomic E-state index is -0.803. The molecule has 0 radical (unpaired) electrons. The molecular formula is C22H21FN4O2S. The van der Waals surface area contributed by atoms with Crippen LogP contribution < -0.4 is 9.64 Å². The van der Waals surface area contributed by atoms with Crippen LogP contribution in [0.2, 0.25) is 0 Å². The van der Waals surface area contributed by atoms with Gasteiger partial charge in [0.1, 0.15) is 5.82 Å². The van der Waals surface area contributed by atoms with E-state index in [2.05, 4.69) is 15.2 Å². The van der Waals surface area contributed by atoms with E-state index < -0.39 is 6.23 Å². The van der Waals surface area contributed by atoms with E-state index >= 15 is 0 Å². The summed E-state index contributed by atoms with van der Waals surface area (Å²) in [7, 11) is 0. The summed E-state index contributed by atoms with van der Waals surface area (Å²) in [5.41, 5.74) is 2.50. The molecule has 0 saturated heterocycles. The molecule has 6 nitrogen and oxygen atoms in total. The van der Waals surface area contributed by atoms with Gasteiger partial charge in [-0.2, -0.15) is 4.98 Å². The monoisotopic (exact) mass is 424 g/mol. The quantitative estimate of drug-likeness (QED) is 0.536. The number of carbonyl (C=O) groups is 1. The van der Waals surface area contributed by atoms with Gasteiger partial charge in [0.05, 0.1) is 5.69 Å². The Kier molecular flexibility index (Phi) is 5.94. The van der Waals surface area contributed by atoms with Crippen LogP contribution in [0, 0.1) is 5.82 Å². The molecule has 2 aromatic carbocycles. The zero-order chi connectivity index (χ0) is 21.1. The first kappa shape index (κ1) is 20.3. The van der Waals surface area contributed by atoms with Crippen molar-refractivity contribution >= 4 is 23.4 Å². The molecule has 4 rings (SSSR count). The molecule has 1 aliphatic heterocycles. The number of hydrogen-bond acceptors (Lipinski definition) is 6. The molecule has 1 aromatic heterocycles. The predicted octanol–water partition coefficient (Wildman–Crippen LogP) is 5.01. The second-order valence-corrected chi connectivity index (χ2v) is 7.96. The number of carbonyl (C=O) groups excluding carboxylic acids is 1. The summed E-state index contributed by atoms with van der Waals surface area (Å²) in [4.78, 5) is 19.4. The van der Waals surface area contributed by atoms with E-state index in [4.69, 9.17) is 4.74 Å². The van der Waals surface area contributed by atoms with Crippen LogP contribution in [0.3, 0.4) is 0 Å². The van der Waals surface area contributed by atoms with Gasteiger partial charge >= 0.3 is 0 Å². The van der Waals surface area contributed by atoms with Crippen molar-refractivity contribution < 1.29 is 13.9 Å². The zero-order valence-electron chi connectivity index (χ0n) is 16.7. The number of benzene rings is 2. The first-order chi connectivity index (χ1) is 14.6. The number of halogens is 1. The molecule has 30 heavy (non-hydrogen) atoms. The van der Waals surface area contributed by atoms with Crippen LogP contribution in [0.15, 0.2) is 53.7 Å². The van der Waals surface area contributed by atoms with Gasteiger partial charge in [-0.05, 0) is 30.4 Å². The third kappa shape index (κ3) is 3.87. The summed E-state index contributed by atoms with van der Waals surface area (Å²) in [5, 5.41) is 9.07. The second-order valence-electron chi connectivity index (χ2n) is 6.73. The van der Waals surface area contributed by atoms with Gasteiger partial charge in [-0.25, -0.2) is 4.39 Å². The number of rotatable bonds is 5. The minimum Gasteiger partial charge on any atom is -0.447 e. The molecule has 1 amide bonds. The average molecular weight is 425 g/mol. The van der Waals surface area contributed by atoms with Gasteiger partial charge in [-0.1, -0.05) is 55.9 Å². The molecule has 0 aliphatic carbocycles. The highest BCUT2D eigenvalue weighted by molar-refractivity contribution is 7.99.